The molecule has 20 nitrogen and oxygen atoms in total. The first kappa shape index (κ1) is 55.4. The van der Waals surface area contributed by atoms with E-state index in [1.54, 1.807) is 29.5 Å². The molecule has 79 heavy (non-hydrogen) atoms. The number of rotatable bonds is 22. The number of nitrogens with one attached hydrogen (secondary N) is 1. The zero-order valence-corrected chi connectivity index (χ0v) is 46.6. The number of thiazole rings is 1. The van der Waals surface area contributed by atoms with Crippen LogP contribution in [0.5, 0.6) is 17.5 Å². The van der Waals surface area contributed by atoms with E-state index < -0.39 is 24.1 Å². The maximum Gasteiger partial charge on any atom is 0.254 e. The van der Waals surface area contributed by atoms with E-state index in [1.807, 2.05) is 74.9 Å². The van der Waals surface area contributed by atoms with Crippen molar-refractivity contribution in [2.24, 2.45) is 11.8 Å². The molecule has 4 aromatic heterocycles. The van der Waals surface area contributed by atoms with E-state index in [0.717, 1.165) is 91.7 Å². The highest BCUT2D eigenvalue weighted by Crippen LogP contribution is 2.40. The van der Waals surface area contributed by atoms with Crippen LogP contribution in [0.15, 0.2) is 89.0 Å². The van der Waals surface area contributed by atoms with Crippen LogP contribution in [0.1, 0.15) is 75.9 Å². The van der Waals surface area contributed by atoms with Gasteiger partial charge in [0.15, 0.2) is 11.6 Å². The number of carbonyl (C=O) groups excluding carboxylic acids is 2. The van der Waals surface area contributed by atoms with Crippen LogP contribution < -0.4 is 30.3 Å². The van der Waals surface area contributed by atoms with Gasteiger partial charge in [-0.15, -0.1) is 21.5 Å². The summed E-state index contributed by atoms with van der Waals surface area (Å²) in [5.74, 6) is 0.467. The summed E-state index contributed by atoms with van der Waals surface area (Å²) in [6, 6.07) is 22.1. The molecule has 21 heteroatoms. The van der Waals surface area contributed by atoms with Crippen LogP contribution in [0.3, 0.4) is 0 Å². The van der Waals surface area contributed by atoms with Gasteiger partial charge in [0.25, 0.3) is 5.88 Å². The number of aliphatic hydroxyl groups is 1. The largest absolute Gasteiger partial charge is 0.507 e. The Bertz CT molecular complexity index is 2990. The van der Waals surface area contributed by atoms with E-state index in [4.69, 9.17) is 24.5 Å². The number of aromatic nitrogens is 5. The highest BCUT2D eigenvalue weighted by atomic mass is 32.1. The zero-order valence-electron chi connectivity index (χ0n) is 45.8. The maximum atomic E-state index is 14.5. The Balaban J connectivity index is 0.669. The van der Waals surface area contributed by atoms with E-state index in [2.05, 4.69) is 76.2 Å². The van der Waals surface area contributed by atoms with Gasteiger partial charge in [0.1, 0.15) is 30.9 Å². The number of β-amino-alcohol motifs (C(OH)–C–C–N with tert-alkyl or cyclic N) is 1. The molecule has 4 aliphatic rings. The highest BCUT2D eigenvalue weighted by molar-refractivity contribution is 7.13. The van der Waals surface area contributed by atoms with Gasteiger partial charge in [-0.2, -0.15) is 0 Å². The van der Waals surface area contributed by atoms with Gasteiger partial charge >= 0.3 is 0 Å². The van der Waals surface area contributed by atoms with E-state index in [1.165, 1.54) is 4.90 Å². The Labute approximate surface area is 465 Å². The fourth-order valence-electron chi connectivity index (χ4n) is 11.5. The third kappa shape index (κ3) is 13.1. The predicted molar refractivity (Wildman–Crippen MR) is 302 cm³/mol. The number of phenols is 1. The number of nitrogen functional groups attached to an aromatic ring is 1. The van der Waals surface area contributed by atoms with Crippen LogP contribution in [-0.2, 0) is 14.3 Å². The summed E-state index contributed by atoms with van der Waals surface area (Å²) in [6.07, 6.45) is 3.20. The molecule has 2 aromatic carbocycles. The molecule has 10 rings (SSSR count). The quantitative estimate of drug-likeness (QED) is 0.0575. The van der Waals surface area contributed by atoms with Crippen molar-refractivity contribution in [1.82, 2.24) is 45.3 Å². The SMILES string of the molecule is Cc1ncsc1-c1ccc([C@@H](COCC(C)C)NC(=O)[C@@H]2C[C@@H](O)CN2C(=O)[C@@H](c2cc(OCCN3CCN(CCOc4cc(N5C6CCC5CN(c5cc(-c7ccccc7O)nnc5N)C6)ccn4)CC3)no2)C(C)C)cc1. The Kier molecular flexibility index (Phi) is 17.6. The lowest BCUT2D eigenvalue weighted by molar-refractivity contribution is -0.141. The molecule has 2 amide bonds. The summed E-state index contributed by atoms with van der Waals surface area (Å²) >= 11 is 1.58. The third-order valence-electron chi connectivity index (χ3n) is 15.6. The Morgan fingerprint density at radius 2 is 1.57 bits per heavy atom. The van der Waals surface area contributed by atoms with Crippen molar-refractivity contribution < 1.29 is 38.5 Å². The van der Waals surface area contributed by atoms with Gasteiger partial charge in [0.05, 0.1) is 46.2 Å². The van der Waals surface area contributed by atoms with Crippen molar-refractivity contribution in [2.45, 2.75) is 90.1 Å². The van der Waals surface area contributed by atoms with Crippen LogP contribution in [-0.4, -0.2) is 172 Å². The lowest BCUT2D eigenvalue weighted by Gasteiger charge is -2.43. The number of pyridine rings is 1. The standard InChI is InChI=1S/C58H74N12O8S/c1-36(2)33-75-34-47(39-10-12-40(13-11-39)55-38(5)61-35-79-55)62-57(73)49-27-44(71)32-69(49)58(74)54(37(3)4)51-29-53(65-78-51)77-25-23-67-20-18-66(19-21-67)22-24-76-52-26-41(16-17-60-52)70-42-14-15-43(70)31-68(30-42)48-28-46(63-64-56(48)59)45-8-6-7-9-50(45)72/h6-13,16-17,26,28-29,35-37,42-44,47,49,54,71-72H,14-15,18-25,27,30-34H2,1-5H3,(H2,59,64)(H,62,73)/t42?,43?,44-,47-,49+,54-/m1/s1. The monoisotopic (exact) mass is 1100 g/mol. The number of aryl methyl sites for hydroxylation is 1. The minimum atomic E-state index is -0.890. The fourth-order valence-corrected chi connectivity index (χ4v) is 12.3. The lowest BCUT2D eigenvalue weighted by Crippen LogP contribution is -2.54. The van der Waals surface area contributed by atoms with E-state index in [-0.39, 0.29) is 55.1 Å². The lowest BCUT2D eigenvalue weighted by atomic mass is 9.91. The third-order valence-corrected chi connectivity index (χ3v) is 16.6. The van der Waals surface area contributed by atoms with Gasteiger partial charge in [-0.1, -0.05) is 64.1 Å². The van der Waals surface area contributed by atoms with Gasteiger partial charge in [-0.25, -0.2) is 9.97 Å². The number of ether oxygens (including phenoxy) is 3. The van der Waals surface area contributed by atoms with Crippen molar-refractivity contribution in [2.75, 3.05) is 101 Å². The maximum absolute atomic E-state index is 14.5. The average molecular weight is 1100 g/mol. The number of carbonyl (C=O) groups is 2. The number of amides is 2. The van der Waals surface area contributed by atoms with Crippen LogP contribution in [0.25, 0.3) is 21.7 Å². The highest BCUT2D eigenvalue weighted by Gasteiger charge is 2.44. The Morgan fingerprint density at radius 3 is 2.24 bits per heavy atom. The van der Waals surface area contributed by atoms with Gasteiger partial charge in [0, 0.05) is 114 Å². The molecule has 8 heterocycles. The minimum Gasteiger partial charge on any atom is -0.507 e. The second kappa shape index (κ2) is 25.0. The van der Waals surface area contributed by atoms with Crippen molar-refractivity contribution in [3.05, 3.63) is 102 Å². The number of likely N-dealkylation sites (tertiary alicyclic amines) is 1. The number of anilines is 3. The van der Waals surface area contributed by atoms with Crippen molar-refractivity contribution in [3.8, 4) is 39.2 Å². The van der Waals surface area contributed by atoms with Crippen molar-refractivity contribution in [3.63, 3.8) is 0 Å². The second-order valence-electron chi connectivity index (χ2n) is 22.0. The molecule has 4 aliphatic heterocycles. The van der Waals surface area contributed by atoms with Crippen LogP contribution in [0, 0.1) is 18.8 Å². The van der Waals surface area contributed by atoms with Crippen LogP contribution >= 0.6 is 11.3 Å². The van der Waals surface area contributed by atoms with Gasteiger partial charge in [-0.05, 0) is 72.2 Å². The van der Waals surface area contributed by atoms with E-state index in [0.29, 0.717) is 66.9 Å². The molecule has 2 unspecified atom stereocenters. The zero-order chi connectivity index (χ0) is 55.2. The number of nitrogens with two attached hydrogens (primary N) is 1. The molecule has 0 aliphatic carbocycles. The number of fused-ring (bicyclic) bond motifs is 2. The minimum absolute atomic E-state index is 0.0242. The average Bonchev–Trinajstić information content (AvgIpc) is 4.40. The molecule has 2 bridgehead atoms. The fraction of sp³-hybridized carbons (Fsp3) is 0.500. The molecular weight excluding hydrogens is 1020 g/mol. The van der Waals surface area contributed by atoms with Crippen molar-refractivity contribution in [1.29, 1.82) is 0 Å². The normalized spacial score (nSPS) is 20.5. The van der Waals surface area contributed by atoms with Gasteiger partial charge in [0.2, 0.25) is 17.7 Å². The number of benzene rings is 2. The molecule has 4 saturated heterocycles. The Morgan fingerprint density at radius 1 is 0.861 bits per heavy atom. The molecule has 6 aromatic rings. The molecular formula is C58H74N12O8S. The smallest absolute Gasteiger partial charge is 0.254 e. The summed E-state index contributed by atoms with van der Waals surface area (Å²) in [6.45, 7) is 18.3. The number of para-hydroxylation sites is 1. The number of piperazine rings is 2. The summed E-state index contributed by atoms with van der Waals surface area (Å²) in [4.78, 5) is 49.7. The van der Waals surface area contributed by atoms with E-state index in [9.17, 15) is 19.8 Å². The predicted octanol–water partition coefficient (Wildman–Crippen LogP) is 6.41. The van der Waals surface area contributed by atoms with Gasteiger partial charge < -0.3 is 54.7 Å². The summed E-state index contributed by atoms with van der Waals surface area (Å²) in [7, 11) is 0. The number of nitrogens with zero attached hydrogens (tertiary/aromatic N) is 10. The molecule has 5 N–H and O–H groups in total. The molecule has 6 atom stereocenters. The topological polar surface area (TPSA) is 234 Å². The molecule has 0 saturated carbocycles. The molecule has 0 spiro atoms. The number of hydrogen-bond donors (Lipinski definition) is 4. The van der Waals surface area contributed by atoms with Crippen LogP contribution in [0.4, 0.5) is 17.2 Å². The first-order chi connectivity index (χ1) is 38.3. The molecule has 0 radical (unpaired) electrons. The molecule has 420 valence electrons. The van der Waals surface area contributed by atoms with Crippen LogP contribution in [0.2, 0.25) is 0 Å². The number of aliphatic hydroxyl groups excluding tert-OH is 1. The van der Waals surface area contributed by atoms with E-state index >= 15 is 0 Å². The first-order valence-corrected chi connectivity index (χ1v) is 28.6. The number of hydrogen-bond acceptors (Lipinski definition) is 19. The summed E-state index contributed by atoms with van der Waals surface area (Å²) in [5, 5.41) is 37.3. The Hall–Kier alpha value is -6.91. The molecule has 4 fully saturated rings. The van der Waals surface area contributed by atoms with Crippen molar-refractivity contribution >= 4 is 40.3 Å². The summed E-state index contributed by atoms with van der Waals surface area (Å²) < 4.78 is 24.2. The first-order valence-electron chi connectivity index (χ1n) is 27.7. The van der Waals surface area contributed by atoms with Gasteiger partial charge in [-0.3, -0.25) is 19.4 Å². The number of phenolic OH excluding ortho intramolecular Hbond substituents is 1. The second-order valence-corrected chi connectivity index (χ2v) is 22.9. The number of aromatic hydroxyl groups is 1. The summed E-state index contributed by atoms with van der Waals surface area (Å²) in [5.41, 5.74) is 14.2.